The normalized spacial score (nSPS) is 18.5. The van der Waals surface area contributed by atoms with Crippen LogP contribution in [0.25, 0.3) is 0 Å². The van der Waals surface area contributed by atoms with Crippen LogP contribution in [0, 0.1) is 5.92 Å². The van der Waals surface area contributed by atoms with E-state index in [1.54, 1.807) is 18.5 Å². The second-order valence-electron chi connectivity index (χ2n) is 5.20. The summed E-state index contributed by atoms with van der Waals surface area (Å²) >= 11 is 0. The number of likely N-dealkylation sites (tertiary alicyclic amines) is 1. The SMILES string of the molecule is O=C1C[C@@H](Cc2ccccc2)CN1Cc1ncccn1. The number of benzene rings is 1. The van der Waals surface area contributed by atoms with Gasteiger partial charge in [0.2, 0.25) is 5.91 Å². The lowest BCUT2D eigenvalue weighted by Crippen LogP contribution is -2.25. The zero-order valence-electron chi connectivity index (χ0n) is 11.3. The van der Waals surface area contributed by atoms with E-state index in [9.17, 15) is 4.79 Å². The molecule has 1 aromatic carbocycles. The van der Waals surface area contributed by atoms with Gasteiger partial charge in [0.05, 0.1) is 6.54 Å². The van der Waals surface area contributed by atoms with Crippen LogP contribution in [0.4, 0.5) is 0 Å². The van der Waals surface area contributed by atoms with Gasteiger partial charge in [0.25, 0.3) is 0 Å². The van der Waals surface area contributed by atoms with Gasteiger partial charge in [-0.3, -0.25) is 4.79 Å². The summed E-state index contributed by atoms with van der Waals surface area (Å²) in [6.07, 6.45) is 5.01. The third kappa shape index (κ3) is 3.02. The molecule has 3 rings (SSSR count). The summed E-state index contributed by atoms with van der Waals surface area (Å²) in [4.78, 5) is 22.3. The molecule has 2 heterocycles. The van der Waals surface area contributed by atoms with Crippen LogP contribution in [0.15, 0.2) is 48.8 Å². The Hall–Kier alpha value is -2.23. The summed E-state index contributed by atoms with van der Waals surface area (Å²) in [7, 11) is 0. The first kappa shape index (κ1) is 12.8. The Bertz CT molecular complexity index is 571. The predicted octanol–water partition coefficient (Wildman–Crippen LogP) is 2.07. The van der Waals surface area contributed by atoms with Crippen molar-refractivity contribution >= 4 is 5.91 Å². The Morgan fingerprint density at radius 1 is 1.10 bits per heavy atom. The second kappa shape index (κ2) is 5.82. The molecule has 1 atom stereocenters. The third-order valence-corrected chi connectivity index (χ3v) is 3.61. The number of aromatic nitrogens is 2. The van der Waals surface area contributed by atoms with Crippen molar-refractivity contribution in [1.29, 1.82) is 0 Å². The molecule has 4 heteroatoms. The van der Waals surface area contributed by atoms with E-state index >= 15 is 0 Å². The lowest BCUT2D eigenvalue weighted by atomic mass is 9.99. The van der Waals surface area contributed by atoms with Crippen LogP contribution in [0.5, 0.6) is 0 Å². The molecule has 1 fully saturated rings. The maximum Gasteiger partial charge on any atom is 0.223 e. The van der Waals surface area contributed by atoms with Crippen molar-refractivity contribution in [2.45, 2.75) is 19.4 Å². The van der Waals surface area contributed by atoms with Crippen molar-refractivity contribution < 1.29 is 4.79 Å². The monoisotopic (exact) mass is 267 g/mol. The molecule has 4 nitrogen and oxygen atoms in total. The van der Waals surface area contributed by atoms with Crippen LogP contribution >= 0.6 is 0 Å². The predicted molar refractivity (Wildman–Crippen MR) is 75.7 cm³/mol. The number of hydrogen-bond donors (Lipinski definition) is 0. The van der Waals surface area contributed by atoms with Gasteiger partial charge in [-0.15, -0.1) is 0 Å². The molecule has 1 amide bonds. The molecule has 1 aliphatic rings. The molecule has 2 aromatic rings. The van der Waals surface area contributed by atoms with Gasteiger partial charge in [0.15, 0.2) is 0 Å². The number of rotatable bonds is 4. The Morgan fingerprint density at radius 2 is 1.85 bits per heavy atom. The molecule has 1 aliphatic heterocycles. The summed E-state index contributed by atoms with van der Waals surface area (Å²) in [6.45, 7) is 1.32. The van der Waals surface area contributed by atoms with Gasteiger partial charge in [-0.05, 0) is 24.0 Å². The molecule has 0 spiro atoms. The van der Waals surface area contributed by atoms with E-state index in [-0.39, 0.29) is 5.91 Å². The zero-order chi connectivity index (χ0) is 13.8. The van der Waals surface area contributed by atoms with Gasteiger partial charge in [-0.2, -0.15) is 0 Å². The molecule has 0 radical (unpaired) electrons. The minimum atomic E-state index is 0.207. The number of carbonyl (C=O) groups is 1. The van der Waals surface area contributed by atoms with Gasteiger partial charge >= 0.3 is 0 Å². The lowest BCUT2D eigenvalue weighted by molar-refractivity contribution is -0.128. The van der Waals surface area contributed by atoms with Crippen LogP contribution in [0.2, 0.25) is 0 Å². The Balaban J connectivity index is 1.61. The van der Waals surface area contributed by atoms with E-state index < -0.39 is 0 Å². The van der Waals surface area contributed by atoms with Gasteiger partial charge in [-0.25, -0.2) is 9.97 Å². The molecule has 1 aromatic heterocycles. The maximum absolute atomic E-state index is 12.0. The van der Waals surface area contributed by atoms with Gasteiger partial charge in [-0.1, -0.05) is 30.3 Å². The first-order valence-corrected chi connectivity index (χ1v) is 6.89. The molecule has 0 saturated carbocycles. The fourth-order valence-electron chi connectivity index (χ4n) is 2.67. The molecule has 1 saturated heterocycles. The number of hydrogen-bond acceptors (Lipinski definition) is 3. The topological polar surface area (TPSA) is 46.1 Å². The van der Waals surface area contributed by atoms with E-state index in [0.717, 1.165) is 13.0 Å². The Labute approximate surface area is 118 Å². The largest absolute Gasteiger partial charge is 0.335 e. The van der Waals surface area contributed by atoms with E-state index in [1.165, 1.54) is 5.56 Å². The van der Waals surface area contributed by atoms with Crippen molar-refractivity contribution in [3.05, 3.63) is 60.2 Å². The van der Waals surface area contributed by atoms with Crippen molar-refractivity contribution in [3.63, 3.8) is 0 Å². The van der Waals surface area contributed by atoms with E-state index in [4.69, 9.17) is 0 Å². The number of carbonyl (C=O) groups excluding carboxylic acids is 1. The molecule has 0 unspecified atom stereocenters. The maximum atomic E-state index is 12.0. The fraction of sp³-hybridized carbons (Fsp3) is 0.312. The first-order chi connectivity index (χ1) is 9.81. The van der Waals surface area contributed by atoms with Gasteiger partial charge < -0.3 is 4.90 Å². The Kier molecular flexibility index (Phi) is 3.72. The number of amides is 1. The molecule has 0 bridgehead atoms. The van der Waals surface area contributed by atoms with E-state index in [1.807, 2.05) is 23.1 Å². The summed E-state index contributed by atoms with van der Waals surface area (Å²) in [5.74, 6) is 1.31. The minimum absolute atomic E-state index is 0.207. The fourth-order valence-corrected chi connectivity index (χ4v) is 2.67. The lowest BCUT2D eigenvalue weighted by Gasteiger charge is -2.15. The molecule has 0 aliphatic carbocycles. The summed E-state index contributed by atoms with van der Waals surface area (Å²) in [5.41, 5.74) is 1.29. The van der Waals surface area contributed by atoms with Gasteiger partial charge in [0, 0.05) is 25.4 Å². The standard InChI is InChI=1S/C16H17N3O/c20-16-10-14(9-13-5-2-1-3-6-13)11-19(16)12-15-17-7-4-8-18-15/h1-8,14H,9-12H2/t14-/m1/s1. The highest BCUT2D eigenvalue weighted by molar-refractivity contribution is 5.78. The molecular weight excluding hydrogens is 250 g/mol. The Morgan fingerprint density at radius 3 is 2.60 bits per heavy atom. The third-order valence-electron chi connectivity index (χ3n) is 3.61. The van der Waals surface area contributed by atoms with Crippen LogP contribution in [-0.2, 0) is 17.8 Å². The molecule has 20 heavy (non-hydrogen) atoms. The average molecular weight is 267 g/mol. The highest BCUT2D eigenvalue weighted by atomic mass is 16.2. The summed E-state index contributed by atoms with van der Waals surface area (Å²) in [6, 6.07) is 12.1. The van der Waals surface area contributed by atoms with Crippen molar-refractivity contribution in [2.75, 3.05) is 6.54 Å². The molecule has 102 valence electrons. The van der Waals surface area contributed by atoms with Crippen molar-refractivity contribution in [1.82, 2.24) is 14.9 Å². The minimum Gasteiger partial charge on any atom is -0.335 e. The summed E-state index contributed by atoms with van der Waals surface area (Å²) in [5, 5.41) is 0. The van der Waals surface area contributed by atoms with Crippen LogP contribution in [-0.4, -0.2) is 27.3 Å². The van der Waals surface area contributed by atoms with Crippen molar-refractivity contribution in [3.8, 4) is 0 Å². The van der Waals surface area contributed by atoms with E-state index in [2.05, 4.69) is 22.1 Å². The van der Waals surface area contributed by atoms with Crippen LogP contribution < -0.4 is 0 Å². The van der Waals surface area contributed by atoms with Crippen LogP contribution in [0.3, 0.4) is 0 Å². The quantitative estimate of drug-likeness (QED) is 0.852. The molecule has 0 N–H and O–H groups in total. The zero-order valence-corrected chi connectivity index (χ0v) is 11.3. The van der Waals surface area contributed by atoms with E-state index in [0.29, 0.717) is 24.7 Å². The highest BCUT2D eigenvalue weighted by Gasteiger charge is 2.29. The second-order valence-corrected chi connectivity index (χ2v) is 5.20. The highest BCUT2D eigenvalue weighted by Crippen LogP contribution is 2.22. The summed E-state index contributed by atoms with van der Waals surface area (Å²) < 4.78 is 0. The average Bonchev–Trinajstić information content (AvgIpc) is 2.81. The van der Waals surface area contributed by atoms with Crippen LogP contribution in [0.1, 0.15) is 17.8 Å². The molecular formula is C16H17N3O. The smallest absolute Gasteiger partial charge is 0.223 e. The number of nitrogens with zero attached hydrogens (tertiary/aromatic N) is 3. The van der Waals surface area contributed by atoms with Gasteiger partial charge in [0.1, 0.15) is 5.82 Å². The first-order valence-electron chi connectivity index (χ1n) is 6.89. The van der Waals surface area contributed by atoms with Crippen molar-refractivity contribution in [2.24, 2.45) is 5.92 Å².